The Kier molecular flexibility index (Phi) is 8.94. The molecule has 3 aromatic carbocycles. The summed E-state index contributed by atoms with van der Waals surface area (Å²) in [6.45, 7) is 1.49. The van der Waals surface area contributed by atoms with E-state index in [1.807, 2.05) is 23.1 Å². The zero-order chi connectivity index (χ0) is 28.8. The normalized spacial score (nSPS) is 19.9. The van der Waals surface area contributed by atoms with Gasteiger partial charge in [0.15, 0.2) is 0 Å². The van der Waals surface area contributed by atoms with Crippen molar-refractivity contribution in [3.8, 4) is 17.2 Å². The molecule has 1 N–H and O–H groups in total. The van der Waals surface area contributed by atoms with E-state index < -0.39 is 11.7 Å². The molecule has 1 amide bonds. The average Bonchev–Trinajstić information content (AvgIpc) is 3.01. The number of hydrogen-bond acceptors (Lipinski definition) is 4. The van der Waals surface area contributed by atoms with Crippen LogP contribution < -0.4 is 5.32 Å². The minimum Gasteiger partial charge on any atom is -0.382 e. The monoisotopic (exact) mass is 561 g/mol. The summed E-state index contributed by atoms with van der Waals surface area (Å²) in [7, 11) is 0. The number of nitrogens with one attached hydrogen (secondary N) is 1. The molecule has 0 aromatic heterocycles. The Bertz CT molecular complexity index is 1350. The predicted molar refractivity (Wildman–Crippen MR) is 152 cm³/mol. The number of nitriles is 1. The van der Waals surface area contributed by atoms with Crippen LogP contribution in [-0.4, -0.2) is 42.6 Å². The van der Waals surface area contributed by atoms with Gasteiger partial charge in [0.2, 0.25) is 5.91 Å². The van der Waals surface area contributed by atoms with Crippen LogP contribution >= 0.6 is 0 Å². The van der Waals surface area contributed by atoms with Crippen molar-refractivity contribution in [2.24, 2.45) is 0 Å². The summed E-state index contributed by atoms with van der Waals surface area (Å²) in [5.74, 6) is 0.455. The number of anilines is 1. The zero-order valence-electron chi connectivity index (χ0n) is 22.9. The van der Waals surface area contributed by atoms with Crippen LogP contribution in [0.25, 0.3) is 11.1 Å². The van der Waals surface area contributed by atoms with Crippen LogP contribution in [0.2, 0.25) is 0 Å². The van der Waals surface area contributed by atoms with Gasteiger partial charge in [-0.3, -0.25) is 4.79 Å². The highest BCUT2D eigenvalue weighted by Crippen LogP contribution is 2.35. The fourth-order valence-corrected chi connectivity index (χ4v) is 5.90. The molecule has 1 saturated carbocycles. The Balaban J connectivity index is 1.03. The third-order valence-corrected chi connectivity index (χ3v) is 8.27. The maximum Gasteiger partial charge on any atom is 0.417 e. The van der Waals surface area contributed by atoms with E-state index in [1.165, 1.54) is 28.8 Å². The highest BCUT2D eigenvalue weighted by molar-refractivity contribution is 5.77. The number of piperidine rings is 1. The van der Waals surface area contributed by atoms with Crippen LogP contribution in [0.3, 0.4) is 0 Å². The van der Waals surface area contributed by atoms with Crippen molar-refractivity contribution in [3.63, 3.8) is 0 Å². The summed E-state index contributed by atoms with van der Waals surface area (Å²) in [6.07, 6.45) is 0.164. The van der Waals surface area contributed by atoms with E-state index in [-0.39, 0.29) is 30.2 Å². The molecular weight excluding hydrogens is 527 g/mol. The second-order valence-electron chi connectivity index (χ2n) is 10.9. The third kappa shape index (κ3) is 7.28. The fraction of sp³-hybridized carbons (Fsp3) is 0.394. The fourth-order valence-electron chi connectivity index (χ4n) is 5.90. The lowest BCUT2D eigenvalue weighted by Gasteiger charge is -2.33. The van der Waals surface area contributed by atoms with Crippen LogP contribution in [0, 0.1) is 11.3 Å². The molecule has 1 heterocycles. The van der Waals surface area contributed by atoms with Gasteiger partial charge in [-0.15, -0.1) is 0 Å². The largest absolute Gasteiger partial charge is 0.417 e. The molecule has 5 nitrogen and oxygen atoms in total. The number of hydrogen-bond donors (Lipinski definition) is 1. The molecule has 0 unspecified atom stereocenters. The van der Waals surface area contributed by atoms with Gasteiger partial charge >= 0.3 is 6.18 Å². The number of carbonyl (C=O) groups is 1. The number of rotatable bonds is 7. The van der Waals surface area contributed by atoms with Crippen molar-refractivity contribution in [1.82, 2.24) is 4.90 Å². The number of nitrogens with zero attached hydrogens (tertiary/aromatic N) is 2. The first-order valence-electron chi connectivity index (χ1n) is 14.2. The Hall–Kier alpha value is -3.83. The average molecular weight is 562 g/mol. The van der Waals surface area contributed by atoms with Crippen molar-refractivity contribution < 1.29 is 22.7 Å². The van der Waals surface area contributed by atoms with E-state index in [2.05, 4.69) is 41.7 Å². The number of ether oxygens (including phenoxy) is 1. The second-order valence-corrected chi connectivity index (χ2v) is 10.9. The molecule has 1 aliphatic heterocycles. The highest BCUT2D eigenvalue weighted by Gasteiger charge is 2.34. The van der Waals surface area contributed by atoms with Crippen LogP contribution in [-0.2, 0) is 15.7 Å². The molecule has 2 fully saturated rings. The van der Waals surface area contributed by atoms with Crippen molar-refractivity contribution in [3.05, 3.63) is 89.5 Å². The predicted octanol–water partition coefficient (Wildman–Crippen LogP) is 7.39. The molecule has 41 heavy (non-hydrogen) atoms. The lowest BCUT2D eigenvalue weighted by atomic mass is 9.88. The van der Waals surface area contributed by atoms with Gasteiger partial charge in [0.25, 0.3) is 0 Å². The Morgan fingerprint density at radius 3 is 2.20 bits per heavy atom. The summed E-state index contributed by atoms with van der Waals surface area (Å²) >= 11 is 0. The molecule has 5 rings (SSSR count). The molecule has 0 atom stereocenters. The van der Waals surface area contributed by atoms with Crippen LogP contribution in [0.15, 0.2) is 72.8 Å². The summed E-state index contributed by atoms with van der Waals surface area (Å²) in [5, 5.41) is 12.2. The van der Waals surface area contributed by atoms with Gasteiger partial charge in [0, 0.05) is 24.8 Å². The topological polar surface area (TPSA) is 65.4 Å². The minimum atomic E-state index is -4.58. The van der Waals surface area contributed by atoms with Gasteiger partial charge in [0.05, 0.1) is 23.3 Å². The van der Waals surface area contributed by atoms with E-state index in [1.54, 1.807) is 6.07 Å². The summed E-state index contributed by atoms with van der Waals surface area (Å²) in [6, 6.07) is 24.4. The molecule has 2 aliphatic rings. The van der Waals surface area contributed by atoms with Crippen molar-refractivity contribution in [1.29, 1.82) is 5.26 Å². The van der Waals surface area contributed by atoms with E-state index in [4.69, 9.17) is 10.00 Å². The number of halogens is 3. The zero-order valence-corrected chi connectivity index (χ0v) is 22.9. The number of benzene rings is 3. The van der Waals surface area contributed by atoms with Crippen LogP contribution in [0.5, 0.6) is 0 Å². The highest BCUT2D eigenvalue weighted by atomic mass is 19.4. The maximum atomic E-state index is 13.3. The smallest absolute Gasteiger partial charge is 0.382 e. The Morgan fingerprint density at radius 2 is 1.56 bits per heavy atom. The SMILES string of the molecule is N#Cc1ccc(NC2CCC(OCC(=O)N3CCC(c4ccc(-c5ccccc5)cc4)CC3)CC2)cc1C(F)(F)F. The van der Waals surface area contributed by atoms with Gasteiger partial charge in [-0.2, -0.15) is 18.4 Å². The number of carbonyl (C=O) groups excluding carboxylic acids is 1. The van der Waals surface area contributed by atoms with Crippen molar-refractivity contribution in [2.75, 3.05) is 25.0 Å². The molecule has 0 radical (unpaired) electrons. The maximum absolute atomic E-state index is 13.3. The van der Waals surface area contributed by atoms with E-state index in [0.29, 0.717) is 24.7 Å². The molecule has 1 aliphatic carbocycles. The second kappa shape index (κ2) is 12.8. The lowest BCUT2D eigenvalue weighted by Crippen LogP contribution is -2.41. The van der Waals surface area contributed by atoms with Crippen molar-refractivity contribution in [2.45, 2.75) is 62.8 Å². The van der Waals surface area contributed by atoms with Gasteiger partial charge in [-0.1, -0.05) is 54.6 Å². The van der Waals surface area contributed by atoms with E-state index >= 15 is 0 Å². The van der Waals surface area contributed by atoms with Crippen LogP contribution in [0.1, 0.15) is 61.1 Å². The number of alkyl halides is 3. The molecule has 0 bridgehead atoms. The molecule has 0 spiro atoms. The first-order chi connectivity index (χ1) is 19.8. The van der Waals surface area contributed by atoms with Gasteiger partial charge in [-0.05, 0) is 79.3 Å². The third-order valence-electron chi connectivity index (χ3n) is 8.27. The van der Waals surface area contributed by atoms with E-state index in [9.17, 15) is 18.0 Å². The lowest BCUT2D eigenvalue weighted by molar-refractivity contribution is -0.140. The standard InChI is InChI=1S/C33H34F3N3O2/c34-33(35,36)31-20-29(11-10-27(31)21-37)38-28-12-14-30(15-13-28)41-22-32(40)39-18-16-26(17-19-39)25-8-6-24(7-9-25)23-4-2-1-3-5-23/h1-11,20,26,28,30,38H,12-19,22H2. The molecule has 8 heteroatoms. The Labute approximate surface area is 238 Å². The summed E-state index contributed by atoms with van der Waals surface area (Å²) < 4.78 is 45.8. The summed E-state index contributed by atoms with van der Waals surface area (Å²) in [5.41, 5.74) is 2.77. The summed E-state index contributed by atoms with van der Waals surface area (Å²) in [4.78, 5) is 14.7. The minimum absolute atomic E-state index is 0.0142. The van der Waals surface area contributed by atoms with Gasteiger partial charge in [0.1, 0.15) is 6.61 Å². The molecule has 3 aromatic rings. The molecular formula is C33H34F3N3O2. The Morgan fingerprint density at radius 1 is 0.902 bits per heavy atom. The first kappa shape index (κ1) is 28.7. The number of likely N-dealkylation sites (tertiary alicyclic amines) is 1. The quantitative estimate of drug-likeness (QED) is 0.327. The van der Waals surface area contributed by atoms with Gasteiger partial charge < -0.3 is 15.0 Å². The number of amides is 1. The van der Waals surface area contributed by atoms with E-state index in [0.717, 1.165) is 44.6 Å². The molecule has 214 valence electrons. The van der Waals surface area contributed by atoms with Crippen LogP contribution in [0.4, 0.5) is 18.9 Å². The van der Waals surface area contributed by atoms with Gasteiger partial charge in [-0.25, -0.2) is 0 Å². The van der Waals surface area contributed by atoms with Crippen molar-refractivity contribution >= 4 is 11.6 Å². The first-order valence-corrected chi connectivity index (χ1v) is 14.2. The molecule has 1 saturated heterocycles.